The Morgan fingerprint density at radius 2 is 2.10 bits per heavy atom. The predicted molar refractivity (Wildman–Crippen MR) is 103 cm³/mol. The summed E-state index contributed by atoms with van der Waals surface area (Å²) in [6, 6.07) is 7.93. The van der Waals surface area contributed by atoms with Crippen LogP contribution in [0.25, 0.3) is 0 Å². The Morgan fingerprint density at radius 1 is 1.39 bits per heavy atom. The number of aromatic nitrogens is 3. The van der Waals surface area contributed by atoms with Crippen LogP contribution in [0.3, 0.4) is 0 Å². The Labute approximate surface area is 177 Å². The van der Waals surface area contributed by atoms with Gasteiger partial charge in [-0.25, -0.2) is 9.78 Å². The van der Waals surface area contributed by atoms with E-state index in [4.69, 9.17) is 19.4 Å². The zero-order valence-corrected chi connectivity index (χ0v) is 17.3. The molecule has 2 aromatic heterocycles. The van der Waals surface area contributed by atoms with Crippen molar-refractivity contribution in [3.05, 3.63) is 41.9 Å². The van der Waals surface area contributed by atoms with Crippen molar-refractivity contribution in [1.82, 2.24) is 19.7 Å². The van der Waals surface area contributed by atoms with Gasteiger partial charge in [-0.1, -0.05) is 6.07 Å². The van der Waals surface area contributed by atoms with Crippen LogP contribution < -0.4 is 4.74 Å². The summed E-state index contributed by atoms with van der Waals surface area (Å²) in [4.78, 5) is 15.6. The Balaban J connectivity index is 0.000000339. The Kier molecular flexibility index (Phi) is 6.85. The minimum Gasteiger partial charge on any atom is -0.475 e. The van der Waals surface area contributed by atoms with Crippen molar-refractivity contribution >= 4 is 5.97 Å². The third-order valence-electron chi connectivity index (χ3n) is 5.12. The van der Waals surface area contributed by atoms with Gasteiger partial charge < -0.3 is 14.6 Å². The third-order valence-corrected chi connectivity index (χ3v) is 5.12. The lowest BCUT2D eigenvalue weighted by atomic mass is 9.84. The fraction of sp³-hybridized carbons (Fsp3) is 0.550. The summed E-state index contributed by atoms with van der Waals surface area (Å²) in [6.45, 7) is 5.63. The number of alkyl halides is 3. The zero-order valence-electron chi connectivity index (χ0n) is 17.3. The SMILES string of the molecule is Cc1cc(CN2CC3(CC(Oc4ccccn4)CCO3)C2)n(C)n1.O=C(O)C(F)(F)F. The number of halogens is 3. The number of ether oxygens (including phenoxy) is 2. The van der Waals surface area contributed by atoms with E-state index in [1.807, 2.05) is 36.9 Å². The van der Waals surface area contributed by atoms with E-state index in [9.17, 15) is 13.2 Å². The number of pyridine rings is 1. The monoisotopic (exact) mass is 442 g/mol. The first kappa shape index (κ1) is 23.0. The van der Waals surface area contributed by atoms with E-state index in [0.717, 1.165) is 44.8 Å². The second kappa shape index (κ2) is 9.23. The molecular formula is C20H25F3N4O4. The Hall–Kier alpha value is -2.66. The maximum absolute atomic E-state index is 10.6. The highest BCUT2D eigenvalue weighted by Crippen LogP contribution is 2.36. The van der Waals surface area contributed by atoms with Gasteiger partial charge in [0.05, 0.1) is 23.6 Å². The Morgan fingerprint density at radius 3 is 2.65 bits per heavy atom. The van der Waals surface area contributed by atoms with Crippen LogP contribution in [0.1, 0.15) is 24.2 Å². The molecule has 4 heterocycles. The summed E-state index contributed by atoms with van der Waals surface area (Å²) in [5.74, 6) is -2.05. The number of aryl methyl sites for hydroxylation is 2. The van der Waals surface area contributed by atoms with Gasteiger partial charge in [-0.15, -0.1) is 0 Å². The molecule has 1 atom stereocenters. The third kappa shape index (κ3) is 6.17. The second-order valence-electron chi connectivity index (χ2n) is 7.78. The average Bonchev–Trinajstić information content (AvgIpc) is 2.98. The van der Waals surface area contributed by atoms with Gasteiger partial charge in [0.1, 0.15) is 6.10 Å². The fourth-order valence-electron chi connectivity index (χ4n) is 3.81. The number of aliphatic carboxylic acids is 1. The van der Waals surface area contributed by atoms with Gasteiger partial charge in [-0.05, 0) is 19.1 Å². The maximum Gasteiger partial charge on any atom is 0.490 e. The molecular weight excluding hydrogens is 417 g/mol. The van der Waals surface area contributed by atoms with Crippen LogP contribution in [-0.2, 0) is 23.1 Å². The predicted octanol–water partition coefficient (Wildman–Crippen LogP) is 2.57. The van der Waals surface area contributed by atoms with E-state index in [-0.39, 0.29) is 11.7 Å². The van der Waals surface area contributed by atoms with Gasteiger partial charge >= 0.3 is 12.1 Å². The summed E-state index contributed by atoms with van der Waals surface area (Å²) < 4.78 is 45.9. The first-order chi connectivity index (χ1) is 14.6. The zero-order chi connectivity index (χ0) is 22.6. The summed E-state index contributed by atoms with van der Waals surface area (Å²) in [5.41, 5.74) is 2.27. The van der Waals surface area contributed by atoms with Crippen LogP contribution >= 0.6 is 0 Å². The average molecular weight is 442 g/mol. The molecule has 1 spiro atoms. The minimum absolute atomic E-state index is 0.0503. The lowest BCUT2D eigenvalue weighted by molar-refractivity contribution is -0.192. The van der Waals surface area contributed by atoms with Crippen LogP contribution in [0.2, 0.25) is 0 Å². The lowest BCUT2D eigenvalue weighted by Gasteiger charge is -2.53. The molecule has 11 heteroatoms. The number of carbonyl (C=O) groups is 1. The summed E-state index contributed by atoms with van der Waals surface area (Å²) in [5, 5.41) is 11.5. The number of hydrogen-bond acceptors (Lipinski definition) is 6. The Bertz CT molecular complexity index is 882. The molecule has 0 aliphatic carbocycles. The van der Waals surface area contributed by atoms with E-state index >= 15 is 0 Å². The van der Waals surface area contributed by atoms with Crippen LogP contribution in [0.4, 0.5) is 13.2 Å². The smallest absolute Gasteiger partial charge is 0.475 e. The maximum atomic E-state index is 10.6. The topological polar surface area (TPSA) is 89.7 Å². The highest BCUT2D eigenvalue weighted by atomic mass is 19.4. The number of rotatable bonds is 4. The summed E-state index contributed by atoms with van der Waals surface area (Å²) in [7, 11) is 2.01. The second-order valence-corrected chi connectivity index (χ2v) is 7.78. The summed E-state index contributed by atoms with van der Waals surface area (Å²) >= 11 is 0. The van der Waals surface area contributed by atoms with E-state index in [2.05, 4.69) is 21.0 Å². The molecule has 1 N–H and O–H groups in total. The van der Waals surface area contributed by atoms with E-state index in [1.54, 1.807) is 6.20 Å². The normalized spacial score (nSPS) is 20.5. The molecule has 0 saturated carbocycles. The van der Waals surface area contributed by atoms with Crippen molar-refractivity contribution in [2.45, 2.75) is 44.2 Å². The quantitative estimate of drug-likeness (QED) is 0.779. The number of carboxylic acid groups (broad SMARTS) is 1. The first-order valence-corrected chi connectivity index (χ1v) is 9.80. The van der Waals surface area contributed by atoms with Crippen molar-refractivity contribution in [1.29, 1.82) is 0 Å². The molecule has 2 aromatic rings. The number of hydrogen-bond donors (Lipinski definition) is 1. The molecule has 0 bridgehead atoms. The molecule has 0 amide bonds. The highest BCUT2D eigenvalue weighted by Gasteiger charge is 2.48. The molecule has 2 aliphatic rings. The summed E-state index contributed by atoms with van der Waals surface area (Å²) in [6.07, 6.45) is -1.26. The fourth-order valence-corrected chi connectivity index (χ4v) is 3.81. The molecule has 0 radical (unpaired) electrons. The van der Waals surface area contributed by atoms with Crippen molar-refractivity contribution in [3.63, 3.8) is 0 Å². The van der Waals surface area contributed by atoms with Crippen LogP contribution in [0, 0.1) is 6.92 Å². The van der Waals surface area contributed by atoms with Gasteiger partial charge in [-0.3, -0.25) is 9.58 Å². The number of likely N-dealkylation sites (tertiary alicyclic amines) is 1. The molecule has 0 aromatic carbocycles. The van der Waals surface area contributed by atoms with Gasteiger partial charge in [0.15, 0.2) is 0 Å². The van der Waals surface area contributed by atoms with E-state index in [1.165, 1.54) is 5.69 Å². The van der Waals surface area contributed by atoms with Gasteiger partial charge in [-0.2, -0.15) is 18.3 Å². The van der Waals surface area contributed by atoms with Crippen molar-refractivity contribution < 1.29 is 32.5 Å². The molecule has 170 valence electrons. The molecule has 2 saturated heterocycles. The van der Waals surface area contributed by atoms with Crippen LogP contribution in [0.5, 0.6) is 5.88 Å². The van der Waals surface area contributed by atoms with E-state index in [0.29, 0.717) is 5.88 Å². The molecule has 2 aliphatic heterocycles. The lowest BCUT2D eigenvalue weighted by Crippen LogP contribution is -2.65. The number of nitrogens with zero attached hydrogens (tertiary/aromatic N) is 4. The molecule has 4 rings (SSSR count). The van der Waals surface area contributed by atoms with E-state index < -0.39 is 12.1 Å². The highest BCUT2D eigenvalue weighted by molar-refractivity contribution is 5.73. The van der Waals surface area contributed by atoms with Crippen LogP contribution in [-0.4, -0.2) is 68.3 Å². The molecule has 2 fully saturated rings. The number of carboxylic acids is 1. The van der Waals surface area contributed by atoms with Crippen molar-refractivity contribution in [2.24, 2.45) is 7.05 Å². The molecule has 1 unspecified atom stereocenters. The van der Waals surface area contributed by atoms with Crippen molar-refractivity contribution in [3.8, 4) is 5.88 Å². The van der Waals surface area contributed by atoms with Crippen molar-refractivity contribution in [2.75, 3.05) is 19.7 Å². The van der Waals surface area contributed by atoms with Gasteiger partial charge in [0.25, 0.3) is 0 Å². The first-order valence-electron chi connectivity index (χ1n) is 9.80. The van der Waals surface area contributed by atoms with Gasteiger partial charge in [0.2, 0.25) is 5.88 Å². The standard InChI is InChI=1S/C18H24N4O2.C2HF3O2/c1-14-9-15(21(2)20-14)11-22-12-18(13-22)10-16(6-8-23-18)24-17-5-3-4-7-19-17;3-2(4,5)1(6)7/h3-5,7,9,16H,6,8,10-13H2,1-2H3;(H,6,7). The molecule has 8 nitrogen and oxygen atoms in total. The van der Waals surface area contributed by atoms with Crippen LogP contribution in [0.15, 0.2) is 30.5 Å². The molecule has 31 heavy (non-hydrogen) atoms. The largest absolute Gasteiger partial charge is 0.490 e. The minimum atomic E-state index is -5.08. The van der Waals surface area contributed by atoms with Gasteiger partial charge in [0, 0.05) is 51.8 Å².